The molecule has 100 valence electrons. The standard InChI is InChI=1S/C10H8ClF5N2/c11-7-6(8(4-17)3-9(8,12)13)1-5(2-18-7)10(14,15)16/h1-2H,3-4,17H2. The molecule has 1 atom stereocenters. The normalized spacial score (nSPS) is 26.2. The van der Waals surface area contributed by atoms with E-state index in [0.717, 1.165) is 0 Å². The van der Waals surface area contributed by atoms with E-state index < -0.39 is 36.0 Å². The molecule has 18 heavy (non-hydrogen) atoms. The van der Waals surface area contributed by atoms with Crippen molar-refractivity contribution in [3.63, 3.8) is 0 Å². The number of nitrogens with two attached hydrogens (primary N) is 1. The lowest BCUT2D eigenvalue weighted by Gasteiger charge is -2.17. The fourth-order valence-electron chi connectivity index (χ4n) is 1.90. The van der Waals surface area contributed by atoms with E-state index >= 15 is 0 Å². The number of hydrogen-bond donors (Lipinski definition) is 1. The average Bonchev–Trinajstić information content (AvgIpc) is 2.81. The molecular weight excluding hydrogens is 279 g/mol. The van der Waals surface area contributed by atoms with Crippen LogP contribution in [-0.2, 0) is 11.6 Å². The van der Waals surface area contributed by atoms with Crippen molar-refractivity contribution < 1.29 is 22.0 Å². The van der Waals surface area contributed by atoms with Gasteiger partial charge in [0.25, 0.3) is 5.92 Å². The molecule has 0 spiro atoms. The number of alkyl halides is 5. The van der Waals surface area contributed by atoms with E-state index in [9.17, 15) is 22.0 Å². The zero-order chi connectivity index (χ0) is 13.8. The second kappa shape index (κ2) is 3.77. The number of aromatic nitrogens is 1. The SMILES string of the molecule is NCC1(c2cc(C(F)(F)F)cnc2Cl)CC1(F)F. The first-order valence-corrected chi connectivity index (χ1v) is 5.33. The van der Waals surface area contributed by atoms with E-state index in [4.69, 9.17) is 17.3 Å². The van der Waals surface area contributed by atoms with Gasteiger partial charge in [-0.05, 0) is 6.07 Å². The molecule has 2 N–H and O–H groups in total. The maximum atomic E-state index is 13.3. The summed E-state index contributed by atoms with van der Waals surface area (Å²) in [5.74, 6) is -3.14. The van der Waals surface area contributed by atoms with E-state index in [-0.39, 0.29) is 10.7 Å². The van der Waals surface area contributed by atoms with E-state index in [0.29, 0.717) is 12.3 Å². The summed E-state index contributed by atoms with van der Waals surface area (Å²) in [6, 6.07) is 0.600. The van der Waals surface area contributed by atoms with Gasteiger partial charge in [0.1, 0.15) is 5.15 Å². The van der Waals surface area contributed by atoms with Gasteiger partial charge in [0.05, 0.1) is 11.0 Å². The molecule has 0 aliphatic heterocycles. The predicted molar refractivity (Wildman–Crippen MR) is 54.5 cm³/mol. The van der Waals surface area contributed by atoms with Crippen molar-refractivity contribution in [2.75, 3.05) is 6.54 Å². The molecule has 0 bridgehead atoms. The molecule has 1 aromatic rings. The summed E-state index contributed by atoms with van der Waals surface area (Å²) in [7, 11) is 0. The molecule has 1 saturated carbocycles. The first-order chi connectivity index (χ1) is 8.14. The summed E-state index contributed by atoms with van der Waals surface area (Å²) in [6.45, 7) is -0.483. The summed E-state index contributed by atoms with van der Waals surface area (Å²) < 4.78 is 64.1. The van der Waals surface area contributed by atoms with Gasteiger partial charge in [0.2, 0.25) is 0 Å². The average molecular weight is 287 g/mol. The Balaban J connectivity index is 2.52. The van der Waals surface area contributed by atoms with Crippen LogP contribution in [0.2, 0.25) is 5.15 Å². The van der Waals surface area contributed by atoms with E-state index in [2.05, 4.69) is 4.98 Å². The number of halogens is 6. The molecule has 0 amide bonds. The minimum Gasteiger partial charge on any atom is -0.329 e. The smallest absolute Gasteiger partial charge is 0.329 e. The molecule has 0 saturated heterocycles. The van der Waals surface area contributed by atoms with Gasteiger partial charge in [-0.1, -0.05) is 11.6 Å². The molecule has 1 aliphatic rings. The minimum absolute atomic E-state index is 0.341. The summed E-state index contributed by atoms with van der Waals surface area (Å²) >= 11 is 5.61. The van der Waals surface area contributed by atoms with Crippen LogP contribution in [0.3, 0.4) is 0 Å². The quantitative estimate of drug-likeness (QED) is 0.670. The van der Waals surface area contributed by atoms with Gasteiger partial charge in [-0.3, -0.25) is 0 Å². The first-order valence-electron chi connectivity index (χ1n) is 4.95. The van der Waals surface area contributed by atoms with Crippen LogP contribution in [0.4, 0.5) is 22.0 Å². The summed E-state index contributed by atoms with van der Waals surface area (Å²) in [4.78, 5) is 3.32. The van der Waals surface area contributed by atoms with Crippen LogP contribution in [0.1, 0.15) is 17.5 Å². The van der Waals surface area contributed by atoms with Crippen molar-refractivity contribution >= 4 is 11.6 Å². The van der Waals surface area contributed by atoms with E-state index in [1.807, 2.05) is 0 Å². The van der Waals surface area contributed by atoms with Crippen LogP contribution in [0.25, 0.3) is 0 Å². The third-order valence-corrected chi connectivity index (χ3v) is 3.43. The number of rotatable bonds is 2. The van der Waals surface area contributed by atoms with Crippen LogP contribution in [0.5, 0.6) is 0 Å². The summed E-state index contributed by atoms with van der Waals surface area (Å²) in [5.41, 5.74) is 1.98. The van der Waals surface area contributed by atoms with Crippen molar-refractivity contribution in [2.24, 2.45) is 5.73 Å². The Kier molecular flexibility index (Phi) is 2.82. The maximum Gasteiger partial charge on any atom is 0.417 e. The Bertz CT molecular complexity index is 488. The second-order valence-electron chi connectivity index (χ2n) is 4.23. The van der Waals surface area contributed by atoms with Crippen molar-refractivity contribution in [2.45, 2.75) is 23.9 Å². The second-order valence-corrected chi connectivity index (χ2v) is 4.59. The fraction of sp³-hybridized carbons (Fsp3) is 0.500. The van der Waals surface area contributed by atoms with Crippen molar-refractivity contribution in [3.05, 3.63) is 28.5 Å². The molecular formula is C10H8ClF5N2. The number of nitrogens with zero attached hydrogens (tertiary/aromatic N) is 1. The van der Waals surface area contributed by atoms with Gasteiger partial charge in [0.15, 0.2) is 0 Å². The zero-order valence-electron chi connectivity index (χ0n) is 8.86. The minimum atomic E-state index is -4.66. The van der Waals surface area contributed by atoms with Crippen LogP contribution in [0.15, 0.2) is 12.3 Å². The van der Waals surface area contributed by atoms with Gasteiger partial charge in [-0.2, -0.15) is 13.2 Å². The van der Waals surface area contributed by atoms with Crippen molar-refractivity contribution in [1.29, 1.82) is 0 Å². The highest BCUT2D eigenvalue weighted by Crippen LogP contribution is 2.62. The molecule has 0 radical (unpaired) electrons. The van der Waals surface area contributed by atoms with E-state index in [1.54, 1.807) is 0 Å². The monoisotopic (exact) mass is 286 g/mol. The molecule has 8 heteroatoms. The lowest BCUT2D eigenvalue weighted by molar-refractivity contribution is -0.137. The molecule has 2 rings (SSSR count). The Labute approximate surface area is 104 Å². The highest BCUT2D eigenvalue weighted by molar-refractivity contribution is 6.30. The molecule has 1 aliphatic carbocycles. The number of hydrogen-bond acceptors (Lipinski definition) is 2. The van der Waals surface area contributed by atoms with E-state index in [1.165, 1.54) is 0 Å². The summed E-state index contributed by atoms with van der Waals surface area (Å²) in [6.07, 6.45) is -4.76. The van der Waals surface area contributed by atoms with Crippen molar-refractivity contribution in [1.82, 2.24) is 4.98 Å². The molecule has 1 aromatic heterocycles. The van der Waals surface area contributed by atoms with Gasteiger partial charge >= 0.3 is 6.18 Å². The third-order valence-electron chi connectivity index (χ3n) is 3.13. The lowest BCUT2D eigenvalue weighted by Crippen LogP contribution is -2.28. The Morgan fingerprint density at radius 1 is 1.39 bits per heavy atom. The van der Waals surface area contributed by atoms with Gasteiger partial charge in [-0.25, -0.2) is 13.8 Å². The van der Waals surface area contributed by atoms with Crippen LogP contribution < -0.4 is 5.73 Å². The van der Waals surface area contributed by atoms with Gasteiger partial charge in [0, 0.05) is 24.7 Å². The Morgan fingerprint density at radius 2 is 1.94 bits per heavy atom. The predicted octanol–water partition coefficient (Wildman–Crippen LogP) is 2.99. The largest absolute Gasteiger partial charge is 0.417 e. The molecule has 0 aromatic carbocycles. The lowest BCUT2D eigenvalue weighted by atomic mass is 9.95. The highest BCUT2D eigenvalue weighted by Gasteiger charge is 2.72. The summed E-state index contributed by atoms with van der Waals surface area (Å²) in [5, 5.41) is -0.370. The first kappa shape index (κ1) is 13.5. The highest BCUT2D eigenvalue weighted by atomic mass is 35.5. The molecule has 1 heterocycles. The Hall–Kier alpha value is -0.950. The van der Waals surface area contributed by atoms with Gasteiger partial charge in [-0.15, -0.1) is 0 Å². The maximum absolute atomic E-state index is 13.3. The fourth-order valence-corrected chi connectivity index (χ4v) is 2.18. The van der Waals surface area contributed by atoms with Crippen molar-refractivity contribution in [3.8, 4) is 0 Å². The topological polar surface area (TPSA) is 38.9 Å². The Morgan fingerprint density at radius 3 is 2.33 bits per heavy atom. The van der Waals surface area contributed by atoms with Crippen LogP contribution >= 0.6 is 11.6 Å². The van der Waals surface area contributed by atoms with Crippen LogP contribution in [-0.4, -0.2) is 17.5 Å². The van der Waals surface area contributed by atoms with Crippen LogP contribution in [0, 0.1) is 0 Å². The third kappa shape index (κ3) is 1.85. The molecule has 1 fully saturated rings. The van der Waals surface area contributed by atoms with Gasteiger partial charge < -0.3 is 5.73 Å². The number of pyridine rings is 1. The zero-order valence-corrected chi connectivity index (χ0v) is 9.62. The molecule has 1 unspecified atom stereocenters. The molecule has 2 nitrogen and oxygen atoms in total.